The van der Waals surface area contributed by atoms with E-state index in [9.17, 15) is 0 Å². The first-order valence-electron chi connectivity index (χ1n) is 8.57. The van der Waals surface area contributed by atoms with Crippen LogP contribution in [-0.2, 0) is 5.41 Å². The molecule has 0 N–H and O–H groups in total. The summed E-state index contributed by atoms with van der Waals surface area (Å²) >= 11 is 0. The molecule has 4 rings (SSSR count). The molecule has 0 saturated carbocycles. The number of hydrogen-bond donors (Lipinski definition) is 0. The average Bonchev–Trinajstić information content (AvgIpc) is 3.07. The van der Waals surface area contributed by atoms with Crippen molar-refractivity contribution in [3.63, 3.8) is 0 Å². The van der Waals surface area contributed by atoms with Crippen molar-refractivity contribution in [2.24, 2.45) is 0 Å². The molecular formula is C21H20N4O. The zero-order chi connectivity index (χ0) is 18.1. The van der Waals surface area contributed by atoms with Gasteiger partial charge in [0.2, 0.25) is 0 Å². The second-order valence-corrected chi connectivity index (χ2v) is 7.20. The van der Waals surface area contributed by atoms with Gasteiger partial charge in [-0.1, -0.05) is 39.0 Å². The molecule has 0 aliphatic rings. The summed E-state index contributed by atoms with van der Waals surface area (Å²) in [5.41, 5.74) is 2.51. The molecule has 4 aromatic rings. The van der Waals surface area contributed by atoms with E-state index in [4.69, 9.17) is 9.84 Å². The van der Waals surface area contributed by atoms with E-state index in [2.05, 4.69) is 31.0 Å². The van der Waals surface area contributed by atoms with Crippen LogP contribution < -0.4 is 4.74 Å². The van der Waals surface area contributed by atoms with Gasteiger partial charge in [0.25, 0.3) is 0 Å². The predicted molar refractivity (Wildman–Crippen MR) is 101 cm³/mol. The summed E-state index contributed by atoms with van der Waals surface area (Å²) < 4.78 is 7.67. The number of hydrogen-bond acceptors (Lipinski definition) is 4. The quantitative estimate of drug-likeness (QED) is 0.531. The summed E-state index contributed by atoms with van der Waals surface area (Å²) in [5.74, 6) is 2.46. The number of fused-ring (bicyclic) bond motifs is 1. The summed E-state index contributed by atoms with van der Waals surface area (Å²) in [5, 5.41) is 13.2. The Labute approximate surface area is 152 Å². The Morgan fingerprint density at radius 1 is 0.769 bits per heavy atom. The Balaban J connectivity index is 1.65. The normalized spacial score (nSPS) is 11.7. The Morgan fingerprint density at radius 2 is 1.46 bits per heavy atom. The van der Waals surface area contributed by atoms with Gasteiger partial charge in [-0.15, -0.1) is 10.2 Å². The maximum Gasteiger partial charge on any atom is 0.177 e. The molecule has 0 atom stereocenters. The minimum absolute atomic E-state index is 0.127. The Kier molecular flexibility index (Phi) is 3.92. The van der Waals surface area contributed by atoms with Crippen LogP contribution in [0, 0.1) is 0 Å². The van der Waals surface area contributed by atoms with Gasteiger partial charge >= 0.3 is 0 Å². The third kappa shape index (κ3) is 3.16. The van der Waals surface area contributed by atoms with Crippen molar-refractivity contribution in [3.05, 3.63) is 72.6 Å². The van der Waals surface area contributed by atoms with Crippen molar-refractivity contribution in [1.29, 1.82) is 0 Å². The van der Waals surface area contributed by atoms with Gasteiger partial charge in [0.05, 0.1) is 5.69 Å². The summed E-state index contributed by atoms with van der Waals surface area (Å²) in [6.45, 7) is 6.31. The van der Waals surface area contributed by atoms with Gasteiger partial charge < -0.3 is 4.74 Å². The molecule has 2 aromatic heterocycles. The summed E-state index contributed by atoms with van der Waals surface area (Å²) in [6, 6.07) is 21.6. The van der Waals surface area contributed by atoms with Crippen molar-refractivity contribution < 1.29 is 4.74 Å². The molecule has 0 unspecified atom stereocenters. The van der Waals surface area contributed by atoms with Crippen molar-refractivity contribution in [2.45, 2.75) is 26.2 Å². The minimum Gasteiger partial charge on any atom is -0.457 e. The van der Waals surface area contributed by atoms with Crippen molar-refractivity contribution in [1.82, 2.24) is 19.8 Å². The monoisotopic (exact) mass is 344 g/mol. The van der Waals surface area contributed by atoms with Gasteiger partial charge in [0, 0.05) is 11.0 Å². The maximum atomic E-state index is 5.85. The lowest BCUT2D eigenvalue weighted by Gasteiger charge is -2.15. The molecule has 0 spiro atoms. The molecule has 5 heteroatoms. The van der Waals surface area contributed by atoms with Gasteiger partial charge in [0.1, 0.15) is 11.5 Å². The Bertz CT molecular complexity index is 1030. The van der Waals surface area contributed by atoms with Crippen molar-refractivity contribution in [3.8, 4) is 22.8 Å². The van der Waals surface area contributed by atoms with E-state index in [0.29, 0.717) is 0 Å². The zero-order valence-electron chi connectivity index (χ0n) is 15.0. The van der Waals surface area contributed by atoms with E-state index in [1.807, 2.05) is 71.2 Å². The lowest BCUT2D eigenvalue weighted by Crippen LogP contribution is -2.17. The highest BCUT2D eigenvalue weighted by Crippen LogP contribution is 2.26. The topological polar surface area (TPSA) is 52.3 Å². The van der Waals surface area contributed by atoms with E-state index in [0.717, 1.165) is 34.2 Å². The maximum absolute atomic E-state index is 5.85. The van der Waals surface area contributed by atoms with E-state index >= 15 is 0 Å². The molecule has 5 nitrogen and oxygen atoms in total. The van der Waals surface area contributed by atoms with Crippen LogP contribution in [0.15, 0.2) is 66.7 Å². The second-order valence-electron chi connectivity index (χ2n) is 7.20. The highest BCUT2D eigenvalue weighted by atomic mass is 16.5. The highest BCUT2D eigenvalue weighted by Gasteiger charge is 2.21. The van der Waals surface area contributed by atoms with Crippen LogP contribution in [0.1, 0.15) is 26.6 Å². The lowest BCUT2D eigenvalue weighted by atomic mass is 9.96. The minimum atomic E-state index is -0.127. The van der Waals surface area contributed by atoms with Gasteiger partial charge in [-0.05, 0) is 48.5 Å². The summed E-state index contributed by atoms with van der Waals surface area (Å²) in [7, 11) is 0. The first-order valence-corrected chi connectivity index (χ1v) is 8.57. The Hall–Kier alpha value is -3.21. The molecule has 0 amide bonds. The van der Waals surface area contributed by atoms with Crippen molar-refractivity contribution >= 4 is 5.65 Å². The largest absolute Gasteiger partial charge is 0.457 e. The van der Waals surface area contributed by atoms with Crippen LogP contribution in [0.25, 0.3) is 16.9 Å². The van der Waals surface area contributed by atoms with Crippen LogP contribution in [0.5, 0.6) is 11.5 Å². The van der Waals surface area contributed by atoms with Gasteiger partial charge in [-0.2, -0.15) is 9.61 Å². The molecule has 2 heterocycles. The number of aromatic nitrogens is 4. The molecule has 0 saturated heterocycles. The molecule has 26 heavy (non-hydrogen) atoms. The molecule has 2 aromatic carbocycles. The molecule has 0 aliphatic heterocycles. The van der Waals surface area contributed by atoms with Crippen LogP contribution in [0.2, 0.25) is 0 Å². The SMILES string of the molecule is CC(C)(C)c1nnc2ccc(-c3ccc(Oc4ccccc4)cc3)nn12. The average molecular weight is 344 g/mol. The molecule has 0 bridgehead atoms. The lowest BCUT2D eigenvalue weighted by molar-refractivity contribution is 0.483. The van der Waals surface area contributed by atoms with Crippen molar-refractivity contribution in [2.75, 3.05) is 0 Å². The molecule has 0 aliphatic carbocycles. The van der Waals surface area contributed by atoms with Crippen LogP contribution in [-0.4, -0.2) is 19.8 Å². The number of benzene rings is 2. The number of nitrogens with zero attached hydrogens (tertiary/aromatic N) is 4. The summed E-state index contributed by atoms with van der Waals surface area (Å²) in [6.07, 6.45) is 0. The molecular weight excluding hydrogens is 324 g/mol. The first kappa shape index (κ1) is 16.3. The first-order chi connectivity index (χ1) is 12.5. The van der Waals surface area contributed by atoms with E-state index in [-0.39, 0.29) is 5.41 Å². The fraction of sp³-hybridized carbons (Fsp3) is 0.190. The van der Waals surface area contributed by atoms with Gasteiger partial charge in [0.15, 0.2) is 11.5 Å². The van der Waals surface area contributed by atoms with Gasteiger partial charge in [-0.3, -0.25) is 0 Å². The number of para-hydroxylation sites is 1. The van der Waals surface area contributed by atoms with E-state index in [1.165, 1.54) is 0 Å². The second kappa shape index (κ2) is 6.26. The highest BCUT2D eigenvalue weighted by molar-refractivity contribution is 5.61. The van der Waals surface area contributed by atoms with Gasteiger partial charge in [-0.25, -0.2) is 0 Å². The fourth-order valence-corrected chi connectivity index (χ4v) is 2.73. The fourth-order valence-electron chi connectivity index (χ4n) is 2.73. The predicted octanol–water partition coefficient (Wildman–Crippen LogP) is 4.88. The zero-order valence-corrected chi connectivity index (χ0v) is 15.0. The van der Waals surface area contributed by atoms with Crippen LogP contribution >= 0.6 is 0 Å². The smallest absolute Gasteiger partial charge is 0.177 e. The standard InChI is InChI=1S/C21H20N4O/c1-21(2,3)20-23-22-19-14-13-18(24-25(19)20)15-9-11-17(12-10-15)26-16-7-5-4-6-8-16/h4-14H,1-3H3. The molecule has 0 fully saturated rings. The van der Waals surface area contributed by atoms with E-state index in [1.54, 1.807) is 0 Å². The third-order valence-corrected chi connectivity index (χ3v) is 4.06. The molecule has 130 valence electrons. The van der Waals surface area contributed by atoms with E-state index < -0.39 is 0 Å². The third-order valence-electron chi connectivity index (χ3n) is 4.06. The van der Waals surface area contributed by atoms with Crippen LogP contribution in [0.4, 0.5) is 0 Å². The number of ether oxygens (including phenoxy) is 1. The van der Waals surface area contributed by atoms with Crippen LogP contribution in [0.3, 0.4) is 0 Å². The Morgan fingerprint density at radius 3 is 2.15 bits per heavy atom. The number of rotatable bonds is 3. The molecule has 0 radical (unpaired) electrons. The summed E-state index contributed by atoms with van der Waals surface area (Å²) in [4.78, 5) is 0.